The van der Waals surface area contributed by atoms with Gasteiger partial charge in [-0.2, -0.15) is 0 Å². The molecule has 2 rings (SSSR count). The number of ether oxygens (including phenoxy) is 1. The molecule has 2 aromatic rings. The fourth-order valence-electron chi connectivity index (χ4n) is 1.49. The Morgan fingerprint density at radius 3 is 2.28 bits per heavy atom. The normalized spacial score (nSPS) is 12.5. The molecular formula is C15H14O2S. The molecule has 0 radical (unpaired) electrons. The number of hydrogen-bond donors (Lipinski definition) is 0. The summed E-state index contributed by atoms with van der Waals surface area (Å²) in [6.45, 7) is 0. The van der Waals surface area contributed by atoms with Gasteiger partial charge in [0.25, 0.3) is 0 Å². The molecule has 2 nitrogen and oxygen atoms in total. The third-order valence-corrected chi connectivity index (χ3v) is 3.60. The van der Waals surface area contributed by atoms with Crippen LogP contribution in [-0.4, -0.2) is 11.3 Å². The van der Waals surface area contributed by atoms with Crippen LogP contribution in [-0.2, 0) is 10.8 Å². The first-order chi connectivity index (χ1) is 8.79. The second-order valence-electron chi connectivity index (χ2n) is 3.69. The van der Waals surface area contributed by atoms with Crippen LogP contribution >= 0.6 is 0 Å². The monoisotopic (exact) mass is 258 g/mol. The van der Waals surface area contributed by atoms with Gasteiger partial charge in [-0.3, -0.25) is 0 Å². The van der Waals surface area contributed by atoms with Crippen molar-refractivity contribution in [1.29, 1.82) is 0 Å². The summed E-state index contributed by atoms with van der Waals surface area (Å²) in [5.41, 5.74) is 1.00. The summed E-state index contributed by atoms with van der Waals surface area (Å²) in [5.74, 6) is 0.816. The van der Waals surface area contributed by atoms with Gasteiger partial charge in [0.1, 0.15) is 5.75 Å². The number of hydrogen-bond acceptors (Lipinski definition) is 2. The number of benzene rings is 2. The van der Waals surface area contributed by atoms with Crippen molar-refractivity contribution in [2.45, 2.75) is 4.90 Å². The van der Waals surface area contributed by atoms with E-state index in [1.54, 1.807) is 12.5 Å². The van der Waals surface area contributed by atoms with E-state index in [1.165, 1.54) is 0 Å². The van der Waals surface area contributed by atoms with Crippen molar-refractivity contribution in [1.82, 2.24) is 0 Å². The van der Waals surface area contributed by atoms with Crippen molar-refractivity contribution in [2.75, 3.05) is 7.11 Å². The predicted octanol–water partition coefficient (Wildman–Crippen LogP) is 3.47. The molecule has 0 aromatic heterocycles. The molecule has 1 atom stereocenters. The Kier molecular flexibility index (Phi) is 4.31. The Morgan fingerprint density at radius 2 is 1.67 bits per heavy atom. The fourth-order valence-corrected chi connectivity index (χ4v) is 2.35. The zero-order valence-electron chi connectivity index (χ0n) is 10.1. The van der Waals surface area contributed by atoms with Gasteiger partial charge in [0.15, 0.2) is 0 Å². The quantitative estimate of drug-likeness (QED) is 0.839. The molecule has 0 fully saturated rings. The second-order valence-corrected chi connectivity index (χ2v) is 5.02. The van der Waals surface area contributed by atoms with Crippen LogP contribution in [0.4, 0.5) is 0 Å². The van der Waals surface area contributed by atoms with Crippen molar-refractivity contribution >= 4 is 16.9 Å². The summed E-state index contributed by atoms with van der Waals surface area (Å²) in [6.07, 6.45) is 1.85. The number of rotatable bonds is 4. The average Bonchev–Trinajstić information content (AvgIpc) is 2.46. The highest BCUT2D eigenvalue weighted by Gasteiger charge is 1.97. The molecule has 0 aliphatic rings. The summed E-state index contributed by atoms with van der Waals surface area (Å²) in [6, 6.07) is 17.0. The number of methoxy groups -OCH3 is 1. The zero-order valence-corrected chi connectivity index (χ0v) is 10.9. The molecule has 2 aromatic carbocycles. The first-order valence-electron chi connectivity index (χ1n) is 5.57. The molecule has 0 aliphatic heterocycles. The van der Waals surface area contributed by atoms with Crippen molar-refractivity contribution in [3.8, 4) is 5.75 Å². The largest absolute Gasteiger partial charge is 0.497 e. The lowest BCUT2D eigenvalue weighted by atomic mass is 10.2. The fraction of sp³-hybridized carbons (Fsp3) is 0.0667. The van der Waals surface area contributed by atoms with Gasteiger partial charge in [0.2, 0.25) is 0 Å². The zero-order chi connectivity index (χ0) is 12.8. The molecule has 0 amide bonds. The van der Waals surface area contributed by atoms with E-state index in [4.69, 9.17) is 4.74 Å². The smallest absolute Gasteiger partial charge is 0.118 e. The van der Waals surface area contributed by atoms with Crippen LogP contribution in [0.15, 0.2) is 64.9 Å². The molecule has 0 unspecified atom stereocenters. The van der Waals surface area contributed by atoms with E-state index < -0.39 is 10.8 Å². The summed E-state index contributed by atoms with van der Waals surface area (Å²) >= 11 is 0. The maximum Gasteiger partial charge on any atom is 0.118 e. The standard InChI is InChI=1S/C15H14O2S/c1-17-14-9-7-13(8-10-14)11-12-18(16)15-5-3-2-4-6-15/h2-12H,1H3/b12-11+/t18-/m1/s1. The predicted molar refractivity (Wildman–Crippen MR) is 74.9 cm³/mol. The topological polar surface area (TPSA) is 26.3 Å². The molecule has 0 saturated carbocycles. The van der Waals surface area contributed by atoms with Crippen molar-refractivity contribution in [2.24, 2.45) is 0 Å². The van der Waals surface area contributed by atoms with E-state index in [2.05, 4.69) is 0 Å². The lowest BCUT2D eigenvalue weighted by Crippen LogP contribution is -1.85. The Hall–Kier alpha value is -1.87. The van der Waals surface area contributed by atoms with E-state index >= 15 is 0 Å². The van der Waals surface area contributed by atoms with Gasteiger partial charge in [0, 0.05) is 10.3 Å². The van der Waals surface area contributed by atoms with Gasteiger partial charge >= 0.3 is 0 Å². The Bertz CT molecular complexity index is 544. The molecule has 3 heteroatoms. The third kappa shape index (κ3) is 3.31. The highest BCUT2D eigenvalue weighted by molar-refractivity contribution is 7.88. The van der Waals surface area contributed by atoms with Crippen molar-refractivity contribution < 1.29 is 8.95 Å². The Morgan fingerprint density at radius 1 is 1.00 bits per heavy atom. The lowest BCUT2D eigenvalue weighted by Gasteiger charge is -1.99. The minimum absolute atomic E-state index is 0.808. The van der Waals surface area contributed by atoms with Crippen LogP contribution in [0, 0.1) is 0 Å². The van der Waals surface area contributed by atoms with E-state index in [-0.39, 0.29) is 0 Å². The minimum atomic E-state index is -1.10. The molecule has 0 aliphatic carbocycles. The van der Waals surface area contributed by atoms with E-state index in [1.807, 2.05) is 60.7 Å². The summed E-state index contributed by atoms with van der Waals surface area (Å²) in [4.78, 5) is 0.808. The van der Waals surface area contributed by atoms with Crippen LogP contribution in [0.2, 0.25) is 0 Å². The van der Waals surface area contributed by atoms with Gasteiger partial charge < -0.3 is 4.74 Å². The van der Waals surface area contributed by atoms with Crippen molar-refractivity contribution in [3.63, 3.8) is 0 Å². The van der Waals surface area contributed by atoms with Gasteiger partial charge in [-0.05, 0) is 35.9 Å². The molecule has 0 saturated heterocycles. The molecule has 0 N–H and O–H groups in total. The van der Waals surface area contributed by atoms with Crippen LogP contribution in [0.3, 0.4) is 0 Å². The lowest BCUT2D eigenvalue weighted by molar-refractivity contribution is 0.415. The van der Waals surface area contributed by atoms with E-state index in [0.29, 0.717) is 0 Å². The van der Waals surface area contributed by atoms with E-state index in [9.17, 15) is 4.21 Å². The molecule has 0 bridgehead atoms. The average molecular weight is 258 g/mol. The molecule has 0 heterocycles. The SMILES string of the molecule is COc1ccc(/C=C/[S@@](=O)c2ccccc2)cc1. The first-order valence-corrected chi connectivity index (χ1v) is 6.79. The Labute approximate surface area is 109 Å². The summed E-state index contributed by atoms with van der Waals surface area (Å²) in [7, 11) is 0.531. The molecule has 0 spiro atoms. The summed E-state index contributed by atoms with van der Waals surface area (Å²) < 4.78 is 17.0. The van der Waals surface area contributed by atoms with Gasteiger partial charge in [-0.15, -0.1) is 0 Å². The molecule has 92 valence electrons. The second kappa shape index (κ2) is 6.17. The summed E-state index contributed by atoms with van der Waals surface area (Å²) in [5, 5.41) is 1.69. The highest BCUT2D eigenvalue weighted by Crippen LogP contribution is 2.14. The van der Waals surface area contributed by atoms with Gasteiger partial charge in [0.05, 0.1) is 17.9 Å². The van der Waals surface area contributed by atoms with Crippen LogP contribution < -0.4 is 4.74 Å². The maximum absolute atomic E-state index is 11.9. The molecule has 18 heavy (non-hydrogen) atoms. The minimum Gasteiger partial charge on any atom is -0.497 e. The van der Waals surface area contributed by atoms with Crippen molar-refractivity contribution in [3.05, 3.63) is 65.6 Å². The first kappa shape index (κ1) is 12.6. The van der Waals surface area contributed by atoms with Crippen LogP contribution in [0.5, 0.6) is 5.75 Å². The Balaban J connectivity index is 2.08. The maximum atomic E-state index is 11.9. The highest BCUT2D eigenvalue weighted by atomic mass is 32.2. The van der Waals surface area contributed by atoms with Crippen LogP contribution in [0.1, 0.15) is 5.56 Å². The van der Waals surface area contributed by atoms with Crippen LogP contribution in [0.25, 0.3) is 6.08 Å². The van der Waals surface area contributed by atoms with Gasteiger partial charge in [-0.25, -0.2) is 4.21 Å². The molecular weight excluding hydrogens is 244 g/mol. The van der Waals surface area contributed by atoms with E-state index in [0.717, 1.165) is 16.2 Å². The third-order valence-electron chi connectivity index (χ3n) is 2.48. The van der Waals surface area contributed by atoms with Gasteiger partial charge in [-0.1, -0.05) is 30.3 Å².